The van der Waals surface area contributed by atoms with Gasteiger partial charge in [0.15, 0.2) is 0 Å². The number of benzene rings is 9. The van der Waals surface area contributed by atoms with E-state index in [1.165, 1.54) is 71.6 Å². The highest BCUT2D eigenvalue weighted by molar-refractivity contribution is 6.10. The fourth-order valence-electron chi connectivity index (χ4n) is 7.96. The van der Waals surface area contributed by atoms with E-state index in [1.807, 2.05) is 0 Å². The zero-order valence-electron chi connectivity index (χ0n) is 29.7. The van der Waals surface area contributed by atoms with Crippen LogP contribution in [0.25, 0.3) is 71.6 Å². The van der Waals surface area contributed by atoms with Crippen molar-refractivity contribution in [2.45, 2.75) is 0 Å². The molecule has 0 saturated heterocycles. The molecule has 2 heteroatoms. The van der Waals surface area contributed by atoms with Gasteiger partial charge >= 0.3 is 0 Å². The maximum absolute atomic E-state index is 2.36. The van der Waals surface area contributed by atoms with Crippen LogP contribution in [-0.2, 0) is 0 Å². The quantitative estimate of drug-likeness (QED) is 0.162. The Labute approximate surface area is 315 Å². The molecule has 9 aromatic carbocycles. The van der Waals surface area contributed by atoms with Crippen molar-refractivity contribution in [1.29, 1.82) is 0 Å². The molecule has 0 aliphatic rings. The van der Waals surface area contributed by atoms with Gasteiger partial charge in [-0.1, -0.05) is 146 Å². The molecule has 10 aromatic rings. The van der Waals surface area contributed by atoms with Gasteiger partial charge in [-0.3, -0.25) is 0 Å². The predicted octanol–water partition coefficient (Wildman–Crippen LogP) is 14.4. The Balaban J connectivity index is 0.997. The summed E-state index contributed by atoms with van der Waals surface area (Å²) in [4.78, 5) is 2.33. The van der Waals surface area contributed by atoms with E-state index in [4.69, 9.17) is 0 Å². The second kappa shape index (κ2) is 13.4. The Morgan fingerprint density at radius 1 is 0.296 bits per heavy atom. The molecular formula is C52H36N2. The highest BCUT2D eigenvalue weighted by atomic mass is 15.1. The summed E-state index contributed by atoms with van der Waals surface area (Å²) in [6.07, 6.45) is 0. The Hall–Kier alpha value is -7.16. The molecule has 2 nitrogen and oxygen atoms in total. The molecule has 0 N–H and O–H groups in total. The van der Waals surface area contributed by atoms with Gasteiger partial charge in [0.05, 0.1) is 11.0 Å². The average molecular weight is 689 g/mol. The monoisotopic (exact) mass is 688 g/mol. The lowest BCUT2D eigenvalue weighted by Gasteiger charge is -2.26. The molecule has 0 aliphatic carbocycles. The Bertz CT molecular complexity index is 2890. The molecule has 0 spiro atoms. The van der Waals surface area contributed by atoms with Crippen molar-refractivity contribution in [2.75, 3.05) is 4.90 Å². The van der Waals surface area contributed by atoms with Crippen molar-refractivity contribution in [1.82, 2.24) is 4.57 Å². The fourth-order valence-corrected chi connectivity index (χ4v) is 7.96. The molecule has 1 aromatic heterocycles. The zero-order chi connectivity index (χ0) is 35.8. The normalized spacial score (nSPS) is 11.3. The summed E-state index contributed by atoms with van der Waals surface area (Å²) in [6.45, 7) is 0. The zero-order valence-corrected chi connectivity index (χ0v) is 29.7. The van der Waals surface area contributed by atoms with Gasteiger partial charge in [0.1, 0.15) is 0 Å². The second-order valence-corrected chi connectivity index (χ2v) is 13.8. The second-order valence-electron chi connectivity index (χ2n) is 13.8. The summed E-state index contributed by atoms with van der Waals surface area (Å²) in [7, 11) is 0. The van der Waals surface area contributed by atoms with Crippen LogP contribution >= 0.6 is 0 Å². The van der Waals surface area contributed by atoms with Crippen LogP contribution in [0.5, 0.6) is 0 Å². The third-order valence-electron chi connectivity index (χ3n) is 10.6. The maximum Gasteiger partial charge on any atom is 0.0541 e. The van der Waals surface area contributed by atoms with E-state index in [2.05, 4.69) is 228 Å². The smallest absolute Gasteiger partial charge is 0.0541 e. The summed E-state index contributed by atoms with van der Waals surface area (Å²) >= 11 is 0. The number of hydrogen-bond acceptors (Lipinski definition) is 1. The minimum absolute atomic E-state index is 1.11. The summed E-state index contributed by atoms with van der Waals surface area (Å²) in [5.74, 6) is 0. The van der Waals surface area contributed by atoms with E-state index in [1.54, 1.807) is 0 Å². The van der Waals surface area contributed by atoms with Gasteiger partial charge in [0, 0.05) is 33.5 Å². The first-order valence-corrected chi connectivity index (χ1v) is 18.5. The molecule has 0 atom stereocenters. The van der Waals surface area contributed by atoms with Crippen molar-refractivity contribution in [2.24, 2.45) is 0 Å². The lowest BCUT2D eigenvalue weighted by molar-refractivity contribution is 1.18. The van der Waals surface area contributed by atoms with Crippen molar-refractivity contribution in [3.05, 3.63) is 218 Å². The summed E-state index contributed by atoms with van der Waals surface area (Å²) < 4.78 is 2.36. The summed E-state index contributed by atoms with van der Waals surface area (Å²) in [5, 5.41) is 5.02. The van der Waals surface area contributed by atoms with E-state index in [0.29, 0.717) is 0 Å². The molecule has 1 heterocycles. The van der Waals surface area contributed by atoms with E-state index in [9.17, 15) is 0 Å². The molecule has 0 amide bonds. The van der Waals surface area contributed by atoms with Crippen molar-refractivity contribution in [3.63, 3.8) is 0 Å². The van der Waals surface area contributed by atoms with Gasteiger partial charge in [-0.05, 0) is 117 Å². The van der Waals surface area contributed by atoms with Crippen LogP contribution < -0.4 is 4.90 Å². The third kappa shape index (κ3) is 5.62. The standard InChI is InChI=1S/C52H36N2/c1-4-13-39(14-5-1)47-21-12-15-40-23-24-41(35-49(40)47)37-25-30-45(31-26-37)53(43-16-6-2-7-17-43)46-32-27-38(28-33-46)42-29-34-52-50(36-42)48-20-10-11-22-51(48)54(52)44-18-8-3-9-19-44/h1-36H. The molecule has 0 aliphatic heterocycles. The first-order valence-electron chi connectivity index (χ1n) is 18.5. The minimum Gasteiger partial charge on any atom is -0.311 e. The van der Waals surface area contributed by atoms with Crippen LogP contribution in [0.15, 0.2) is 218 Å². The first kappa shape index (κ1) is 31.6. The topological polar surface area (TPSA) is 8.17 Å². The minimum atomic E-state index is 1.11. The highest BCUT2D eigenvalue weighted by Crippen LogP contribution is 2.39. The van der Waals surface area contributed by atoms with Gasteiger partial charge in [-0.15, -0.1) is 0 Å². The molecule has 0 bridgehead atoms. The summed E-state index contributed by atoms with van der Waals surface area (Å²) in [6, 6.07) is 78.8. The van der Waals surface area contributed by atoms with Crippen molar-refractivity contribution in [3.8, 4) is 39.1 Å². The molecule has 0 radical (unpaired) electrons. The highest BCUT2D eigenvalue weighted by Gasteiger charge is 2.16. The maximum atomic E-state index is 2.36. The number of nitrogens with zero attached hydrogens (tertiary/aromatic N) is 2. The van der Waals surface area contributed by atoms with Gasteiger partial charge in [0.2, 0.25) is 0 Å². The van der Waals surface area contributed by atoms with Gasteiger partial charge < -0.3 is 9.47 Å². The SMILES string of the molecule is c1ccc(-c2cccc3ccc(-c4ccc(N(c5ccccc5)c5ccc(-c6ccc7c(c6)c6ccccc6n7-c6ccccc6)cc5)cc4)cc23)cc1. The number of hydrogen-bond donors (Lipinski definition) is 0. The van der Waals surface area contributed by atoms with Crippen molar-refractivity contribution < 1.29 is 0 Å². The lowest BCUT2D eigenvalue weighted by atomic mass is 9.95. The van der Waals surface area contributed by atoms with Crippen LogP contribution in [0.4, 0.5) is 17.1 Å². The van der Waals surface area contributed by atoms with Crippen LogP contribution in [0, 0.1) is 0 Å². The fraction of sp³-hybridized carbons (Fsp3) is 0. The van der Waals surface area contributed by atoms with Crippen LogP contribution in [-0.4, -0.2) is 4.57 Å². The Morgan fingerprint density at radius 3 is 1.50 bits per heavy atom. The van der Waals surface area contributed by atoms with Gasteiger partial charge in [0.25, 0.3) is 0 Å². The number of anilines is 3. The number of aromatic nitrogens is 1. The van der Waals surface area contributed by atoms with Gasteiger partial charge in [-0.25, -0.2) is 0 Å². The summed E-state index contributed by atoms with van der Waals surface area (Å²) in [5.41, 5.74) is 14.2. The van der Waals surface area contributed by atoms with E-state index < -0.39 is 0 Å². The Kier molecular flexibility index (Phi) is 7.85. The number of para-hydroxylation sites is 3. The third-order valence-corrected chi connectivity index (χ3v) is 10.6. The van der Waals surface area contributed by atoms with Gasteiger partial charge in [-0.2, -0.15) is 0 Å². The average Bonchev–Trinajstić information content (AvgIpc) is 3.59. The van der Waals surface area contributed by atoms with E-state index in [0.717, 1.165) is 17.1 Å². The molecule has 10 rings (SSSR count). The molecule has 0 unspecified atom stereocenters. The molecule has 0 saturated carbocycles. The predicted molar refractivity (Wildman–Crippen MR) is 229 cm³/mol. The van der Waals surface area contributed by atoms with Crippen LogP contribution in [0.2, 0.25) is 0 Å². The molecular weight excluding hydrogens is 653 g/mol. The molecule has 254 valence electrons. The number of fused-ring (bicyclic) bond motifs is 4. The van der Waals surface area contributed by atoms with E-state index in [-0.39, 0.29) is 0 Å². The molecule has 0 fully saturated rings. The van der Waals surface area contributed by atoms with Crippen molar-refractivity contribution >= 4 is 49.6 Å². The molecule has 54 heavy (non-hydrogen) atoms. The largest absolute Gasteiger partial charge is 0.311 e. The van der Waals surface area contributed by atoms with Crippen LogP contribution in [0.3, 0.4) is 0 Å². The number of rotatable bonds is 7. The van der Waals surface area contributed by atoms with Crippen LogP contribution in [0.1, 0.15) is 0 Å². The van der Waals surface area contributed by atoms with E-state index >= 15 is 0 Å². The first-order chi connectivity index (χ1) is 26.8. The Morgan fingerprint density at radius 2 is 0.815 bits per heavy atom. The lowest BCUT2D eigenvalue weighted by Crippen LogP contribution is -2.09.